The number of hydrogen-bond acceptors (Lipinski definition) is 1. The van der Waals surface area contributed by atoms with E-state index < -0.39 is 0 Å². The van der Waals surface area contributed by atoms with Gasteiger partial charge < -0.3 is 10.6 Å². The molecule has 0 aliphatic carbocycles. The molecule has 2 nitrogen and oxygen atoms in total. The van der Waals surface area contributed by atoms with Crippen LogP contribution in [0.3, 0.4) is 0 Å². The fourth-order valence-electron chi connectivity index (χ4n) is 2.19. The highest BCUT2D eigenvalue weighted by molar-refractivity contribution is 14.1. The Kier molecular flexibility index (Phi) is 6.47. The minimum absolute atomic E-state index is 0.0384. The fraction of sp³-hybridized carbons (Fsp3) is 0.588. The van der Waals surface area contributed by atoms with Crippen LogP contribution in [0, 0.1) is 3.57 Å². The zero-order chi connectivity index (χ0) is 16.4. The van der Waals surface area contributed by atoms with Gasteiger partial charge in [0.15, 0.2) is 5.11 Å². The largest absolute Gasteiger partial charge is 0.358 e. The Balaban J connectivity index is 3.22. The van der Waals surface area contributed by atoms with Crippen molar-refractivity contribution in [3.63, 3.8) is 0 Å². The van der Waals surface area contributed by atoms with E-state index >= 15 is 0 Å². The van der Waals surface area contributed by atoms with Gasteiger partial charge in [0.05, 0.1) is 0 Å². The number of anilines is 1. The number of rotatable bonds is 3. The maximum Gasteiger partial charge on any atom is 0.171 e. The van der Waals surface area contributed by atoms with Gasteiger partial charge in [-0.05, 0) is 90.7 Å². The van der Waals surface area contributed by atoms with Crippen LogP contribution in [0.15, 0.2) is 12.1 Å². The Labute approximate surface area is 148 Å². The minimum Gasteiger partial charge on any atom is -0.358 e. The third-order valence-corrected chi connectivity index (χ3v) is 3.96. The van der Waals surface area contributed by atoms with Crippen LogP contribution in [0.4, 0.5) is 5.69 Å². The second-order valence-corrected chi connectivity index (χ2v) is 8.75. The van der Waals surface area contributed by atoms with Crippen molar-refractivity contribution in [2.45, 2.75) is 65.8 Å². The molecule has 2 N–H and O–H groups in total. The summed E-state index contributed by atoms with van der Waals surface area (Å²) >= 11 is 7.88. The summed E-state index contributed by atoms with van der Waals surface area (Å²) in [5.74, 6) is 0.911. The van der Waals surface area contributed by atoms with E-state index in [1.165, 1.54) is 20.4 Å². The van der Waals surface area contributed by atoms with Crippen molar-refractivity contribution in [2.75, 3.05) is 5.32 Å². The molecule has 0 saturated carbocycles. The molecule has 0 fully saturated rings. The Hall–Kier alpha value is -0.360. The lowest BCUT2D eigenvalue weighted by Crippen LogP contribution is -2.43. The molecular weight excluding hydrogens is 391 g/mol. The molecule has 4 heteroatoms. The molecule has 0 saturated heterocycles. The predicted molar refractivity (Wildman–Crippen MR) is 106 cm³/mol. The zero-order valence-corrected chi connectivity index (χ0v) is 17.1. The van der Waals surface area contributed by atoms with Crippen molar-refractivity contribution in [2.24, 2.45) is 0 Å². The lowest BCUT2D eigenvalue weighted by atomic mass is 9.93. The number of nitrogens with one attached hydrogen (secondary N) is 2. The molecular formula is C17H27IN2S. The summed E-state index contributed by atoms with van der Waals surface area (Å²) in [7, 11) is 0. The molecule has 0 aliphatic heterocycles. The molecule has 0 aromatic heterocycles. The van der Waals surface area contributed by atoms with E-state index in [2.05, 4.69) is 93.8 Å². The number of halogens is 1. The second kappa shape index (κ2) is 7.27. The quantitative estimate of drug-likeness (QED) is 0.492. The van der Waals surface area contributed by atoms with Crippen molar-refractivity contribution < 1.29 is 0 Å². The number of thiocarbonyl (C=S) groups is 1. The van der Waals surface area contributed by atoms with Gasteiger partial charge in [-0.15, -0.1) is 0 Å². The average molecular weight is 418 g/mol. The maximum absolute atomic E-state index is 5.49. The average Bonchev–Trinajstić information content (AvgIpc) is 2.27. The molecule has 21 heavy (non-hydrogen) atoms. The standard InChI is InChI=1S/C17H27IN2S/c1-10(2)13-8-12(18)9-14(11(3)4)15(13)19-16(21)20-17(5,6)7/h8-11H,1-7H3,(H2,19,20,21). The first-order chi connectivity index (χ1) is 9.51. The Morgan fingerprint density at radius 2 is 1.48 bits per heavy atom. The second-order valence-electron chi connectivity index (χ2n) is 7.10. The summed E-state index contributed by atoms with van der Waals surface area (Å²) in [6.45, 7) is 15.2. The molecule has 0 bridgehead atoms. The SMILES string of the molecule is CC(C)c1cc(I)cc(C(C)C)c1NC(=S)NC(C)(C)C. The first-order valence-electron chi connectivity index (χ1n) is 7.43. The molecule has 1 aromatic rings. The van der Waals surface area contributed by atoms with Crippen molar-refractivity contribution >= 4 is 45.6 Å². The Bertz CT molecular complexity index is 487. The molecule has 0 heterocycles. The molecule has 0 spiro atoms. The van der Waals surface area contributed by atoms with Crippen LogP contribution in [0.25, 0.3) is 0 Å². The summed E-state index contributed by atoms with van der Waals surface area (Å²) in [4.78, 5) is 0. The van der Waals surface area contributed by atoms with E-state index in [9.17, 15) is 0 Å². The smallest absolute Gasteiger partial charge is 0.171 e. The molecule has 1 rings (SSSR count). The summed E-state index contributed by atoms with van der Waals surface area (Å²) < 4.78 is 1.28. The first kappa shape index (κ1) is 18.7. The van der Waals surface area contributed by atoms with Crippen molar-refractivity contribution in [1.29, 1.82) is 0 Å². The van der Waals surface area contributed by atoms with Gasteiger partial charge in [-0.2, -0.15) is 0 Å². The lowest BCUT2D eigenvalue weighted by molar-refractivity contribution is 0.515. The van der Waals surface area contributed by atoms with Crippen LogP contribution in [0.1, 0.15) is 71.4 Å². The summed E-state index contributed by atoms with van der Waals surface area (Å²) in [5, 5.41) is 7.46. The van der Waals surface area contributed by atoms with Gasteiger partial charge in [-0.3, -0.25) is 0 Å². The third-order valence-electron chi connectivity index (χ3n) is 3.14. The van der Waals surface area contributed by atoms with Gasteiger partial charge >= 0.3 is 0 Å². The highest BCUT2D eigenvalue weighted by atomic mass is 127. The third kappa shape index (κ3) is 5.74. The fourth-order valence-corrected chi connectivity index (χ4v) is 3.27. The van der Waals surface area contributed by atoms with Gasteiger partial charge in [0, 0.05) is 14.8 Å². The normalized spacial score (nSPS) is 11.9. The van der Waals surface area contributed by atoms with Crippen LogP contribution in [-0.4, -0.2) is 10.7 Å². The van der Waals surface area contributed by atoms with E-state index in [-0.39, 0.29) is 5.54 Å². The minimum atomic E-state index is -0.0384. The summed E-state index contributed by atoms with van der Waals surface area (Å²) in [6, 6.07) is 4.50. The van der Waals surface area contributed by atoms with E-state index in [0.29, 0.717) is 16.9 Å². The van der Waals surface area contributed by atoms with E-state index in [4.69, 9.17) is 12.2 Å². The van der Waals surface area contributed by atoms with Crippen LogP contribution < -0.4 is 10.6 Å². The molecule has 0 radical (unpaired) electrons. The van der Waals surface area contributed by atoms with Gasteiger partial charge in [-0.1, -0.05) is 27.7 Å². The van der Waals surface area contributed by atoms with Crippen LogP contribution in [0.2, 0.25) is 0 Å². The molecule has 1 aromatic carbocycles. The molecule has 0 atom stereocenters. The zero-order valence-electron chi connectivity index (χ0n) is 14.1. The van der Waals surface area contributed by atoms with Gasteiger partial charge in [0.2, 0.25) is 0 Å². The molecule has 0 amide bonds. The van der Waals surface area contributed by atoms with E-state index in [0.717, 1.165) is 0 Å². The number of benzene rings is 1. The highest BCUT2D eigenvalue weighted by Crippen LogP contribution is 2.34. The Morgan fingerprint density at radius 1 is 1.05 bits per heavy atom. The summed E-state index contributed by atoms with van der Waals surface area (Å²) in [5.41, 5.74) is 3.78. The number of hydrogen-bond donors (Lipinski definition) is 2. The first-order valence-corrected chi connectivity index (χ1v) is 8.92. The Morgan fingerprint density at radius 3 is 1.81 bits per heavy atom. The monoisotopic (exact) mass is 418 g/mol. The van der Waals surface area contributed by atoms with Crippen LogP contribution >= 0.6 is 34.8 Å². The van der Waals surface area contributed by atoms with Crippen molar-refractivity contribution in [3.8, 4) is 0 Å². The maximum atomic E-state index is 5.49. The van der Waals surface area contributed by atoms with E-state index in [1.54, 1.807) is 0 Å². The predicted octanol–water partition coefficient (Wildman–Crippen LogP) is 5.62. The van der Waals surface area contributed by atoms with Crippen LogP contribution in [0.5, 0.6) is 0 Å². The van der Waals surface area contributed by atoms with Crippen molar-refractivity contribution in [3.05, 3.63) is 26.8 Å². The van der Waals surface area contributed by atoms with E-state index in [1.807, 2.05) is 0 Å². The molecule has 118 valence electrons. The van der Waals surface area contributed by atoms with Gasteiger partial charge in [-0.25, -0.2) is 0 Å². The topological polar surface area (TPSA) is 24.1 Å². The molecule has 0 unspecified atom stereocenters. The van der Waals surface area contributed by atoms with Crippen molar-refractivity contribution in [1.82, 2.24) is 5.32 Å². The molecule has 0 aliphatic rings. The van der Waals surface area contributed by atoms with Crippen LogP contribution in [-0.2, 0) is 0 Å². The van der Waals surface area contributed by atoms with Gasteiger partial charge in [0.1, 0.15) is 0 Å². The lowest BCUT2D eigenvalue weighted by Gasteiger charge is -2.26. The van der Waals surface area contributed by atoms with Gasteiger partial charge in [0.25, 0.3) is 0 Å². The summed E-state index contributed by atoms with van der Waals surface area (Å²) in [6.07, 6.45) is 0. The highest BCUT2D eigenvalue weighted by Gasteiger charge is 2.18.